The fourth-order valence-electron chi connectivity index (χ4n) is 1.51. The number of anilines is 1. The van der Waals surface area contributed by atoms with E-state index >= 15 is 0 Å². The topological polar surface area (TPSA) is 81.4 Å². The van der Waals surface area contributed by atoms with Gasteiger partial charge < -0.3 is 14.6 Å². The monoisotopic (exact) mass is 274 g/mol. The van der Waals surface area contributed by atoms with Crippen molar-refractivity contribution in [1.29, 1.82) is 0 Å². The minimum absolute atomic E-state index is 0.287. The summed E-state index contributed by atoms with van der Waals surface area (Å²) in [6, 6.07) is 10.0. The molecule has 0 saturated carbocycles. The Kier molecular flexibility index (Phi) is 4.14. The molecule has 2 rings (SSSR count). The first kappa shape index (κ1) is 13.8. The van der Waals surface area contributed by atoms with Gasteiger partial charge in [-0.15, -0.1) is 0 Å². The summed E-state index contributed by atoms with van der Waals surface area (Å²) in [5.41, 5.74) is 0.393. The van der Waals surface area contributed by atoms with Crippen LogP contribution in [0.4, 0.5) is 5.82 Å². The minimum Gasteiger partial charge on any atom is -0.449 e. The molecule has 1 unspecified atom stereocenters. The maximum absolute atomic E-state index is 11.8. The lowest BCUT2D eigenvalue weighted by molar-refractivity contribution is -0.123. The van der Waals surface area contributed by atoms with Crippen LogP contribution in [0, 0.1) is 6.92 Å². The van der Waals surface area contributed by atoms with E-state index in [2.05, 4.69) is 10.5 Å². The smallest absolute Gasteiger partial charge is 0.338 e. The zero-order valence-electron chi connectivity index (χ0n) is 11.1. The Balaban J connectivity index is 1.92. The third kappa shape index (κ3) is 3.44. The summed E-state index contributed by atoms with van der Waals surface area (Å²) >= 11 is 0. The molecule has 0 aliphatic heterocycles. The largest absolute Gasteiger partial charge is 0.449 e. The maximum atomic E-state index is 11.8. The zero-order chi connectivity index (χ0) is 14.5. The molecule has 0 fully saturated rings. The van der Waals surface area contributed by atoms with Crippen LogP contribution >= 0.6 is 0 Å². The maximum Gasteiger partial charge on any atom is 0.338 e. The Bertz CT molecular complexity index is 607. The van der Waals surface area contributed by atoms with Gasteiger partial charge in [0.1, 0.15) is 5.76 Å². The van der Waals surface area contributed by atoms with Crippen LogP contribution in [0.25, 0.3) is 0 Å². The van der Waals surface area contributed by atoms with Gasteiger partial charge in [-0.1, -0.05) is 23.4 Å². The van der Waals surface area contributed by atoms with Gasteiger partial charge in [0, 0.05) is 6.07 Å². The Hall–Kier alpha value is -2.63. The van der Waals surface area contributed by atoms with Gasteiger partial charge >= 0.3 is 5.97 Å². The number of aryl methyl sites for hydroxylation is 1. The van der Waals surface area contributed by atoms with Crippen LogP contribution in [0.5, 0.6) is 0 Å². The van der Waals surface area contributed by atoms with Crippen LogP contribution < -0.4 is 5.32 Å². The molecule has 20 heavy (non-hydrogen) atoms. The summed E-state index contributed by atoms with van der Waals surface area (Å²) in [5, 5.41) is 6.13. The number of ether oxygens (including phenoxy) is 1. The third-order valence-electron chi connectivity index (χ3n) is 2.54. The first-order chi connectivity index (χ1) is 9.56. The first-order valence-electron chi connectivity index (χ1n) is 6.06. The summed E-state index contributed by atoms with van der Waals surface area (Å²) in [7, 11) is 0. The SMILES string of the molecule is Cc1cc(NC(=O)C(C)OC(=O)c2ccccc2)no1. The van der Waals surface area contributed by atoms with Crippen LogP contribution in [0.2, 0.25) is 0 Å². The third-order valence-corrected chi connectivity index (χ3v) is 2.54. The van der Waals surface area contributed by atoms with Gasteiger partial charge in [-0.25, -0.2) is 4.79 Å². The quantitative estimate of drug-likeness (QED) is 0.864. The number of carbonyl (C=O) groups excluding carboxylic acids is 2. The molecule has 6 nitrogen and oxygen atoms in total. The molecule has 1 heterocycles. The number of aromatic nitrogens is 1. The highest BCUT2D eigenvalue weighted by Gasteiger charge is 2.19. The molecule has 0 aliphatic carbocycles. The van der Waals surface area contributed by atoms with E-state index in [0.717, 1.165) is 0 Å². The van der Waals surface area contributed by atoms with E-state index < -0.39 is 18.0 Å². The van der Waals surface area contributed by atoms with E-state index in [1.165, 1.54) is 6.92 Å². The fourth-order valence-corrected chi connectivity index (χ4v) is 1.51. The van der Waals surface area contributed by atoms with Crippen LogP contribution in [-0.4, -0.2) is 23.1 Å². The highest BCUT2D eigenvalue weighted by molar-refractivity contribution is 5.96. The molecule has 6 heteroatoms. The summed E-state index contributed by atoms with van der Waals surface area (Å²) in [6.07, 6.45) is -0.931. The number of nitrogens with one attached hydrogen (secondary N) is 1. The number of hydrogen-bond donors (Lipinski definition) is 1. The number of esters is 1. The minimum atomic E-state index is -0.931. The number of hydrogen-bond acceptors (Lipinski definition) is 5. The number of benzene rings is 1. The summed E-state index contributed by atoms with van der Waals surface area (Å²) in [4.78, 5) is 23.6. The van der Waals surface area contributed by atoms with Gasteiger partial charge in [0.05, 0.1) is 5.56 Å². The van der Waals surface area contributed by atoms with Crippen LogP contribution in [-0.2, 0) is 9.53 Å². The van der Waals surface area contributed by atoms with Crippen molar-refractivity contribution in [1.82, 2.24) is 5.16 Å². The molecule has 0 radical (unpaired) electrons. The van der Waals surface area contributed by atoms with E-state index in [1.54, 1.807) is 43.3 Å². The second-order valence-corrected chi connectivity index (χ2v) is 4.23. The van der Waals surface area contributed by atoms with Gasteiger partial charge in [0.25, 0.3) is 5.91 Å². The predicted octanol–water partition coefficient (Wildman–Crippen LogP) is 2.17. The van der Waals surface area contributed by atoms with Crippen molar-refractivity contribution < 1.29 is 18.8 Å². The van der Waals surface area contributed by atoms with Crippen molar-refractivity contribution in [3.05, 3.63) is 47.7 Å². The van der Waals surface area contributed by atoms with Gasteiger partial charge in [-0.3, -0.25) is 4.79 Å². The normalized spacial score (nSPS) is 11.7. The van der Waals surface area contributed by atoms with Crippen LogP contribution in [0.15, 0.2) is 40.9 Å². The van der Waals surface area contributed by atoms with Gasteiger partial charge in [0.15, 0.2) is 11.9 Å². The van der Waals surface area contributed by atoms with E-state index in [4.69, 9.17) is 9.26 Å². The molecular formula is C14H14N2O4. The Morgan fingerprint density at radius 3 is 2.60 bits per heavy atom. The predicted molar refractivity (Wildman–Crippen MR) is 71.2 cm³/mol. The molecule has 1 aromatic heterocycles. The average molecular weight is 274 g/mol. The second-order valence-electron chi connectivity index (χ2n) is 4.23. The van der Waals surface area contributed by atoms with Crippen molar-refractivity contribution in [2.24, 2.45) is 0 Å². The molecular weight excluding hydrogens is 260 g/mol. The van der Waals surface area contributed by atoms with Crippen molar-refractivity contribution >= 4 is 17.7 Å². The van der Waals surface area contributed by atoms with E-state index in [9.17, 15) is 9.59 Å². The lowest BCUT2D eigenvalue weighted by Gasteiger charge is -2.12. The molecule has 0 aliphatic rings. The highest BCUT2D eigenvalue weighted by Crippen LogP contribution is 2.09. The van der Waals surface area contributed by atoms with Crippen molar-refractivity contribution in [2.45, 2.75) is 20.0 Å². The van der Waals surface area contributed by atoms with E-state index in [1.807, 2.05) is 0 Å². The molecule has 0 bridgehead atoms. The highest BCUT2D eigenvalue weighted by atomic mass is 16.5. The average Bonchev–Trinajstić information content (AvgIpc) is 2.85. The lowest BCUT2D eigenvalue weighted by Crippen LogP contribution is -2.30. The van der Waals surface area contributed by atoms with Gasteiger partial charge in [0.2, 0.25) is 0 Å². The van der Waals surface area contributed by atoms with Crippen LogP contribution in [0.1, 0.15) is 23.0 Å². The Labute approximate surface area is 115 Å². The number of amides is 1. The molecule has 2 aromatic rings. The van der Waals surface area contributed by atoms with E-state index in [-0.39, 0.29) is 5.82 Å². The first-order valence-corrected chi connectivity index (χ1v) is 6.06. The Morgan fingerprint density at radius 1 is 1.30 bits per heavy atom. The van der Waals surface area contributed by atoms with Gasteiger partial charge in [-0.05, 0) is 26.0 Å². The molecule has 1 amide bonds. The van der Waals surface area contributed by atoms with Crippen molar-refractivity contribution in [2.75, 3.05) is 5.32 Å². The van der Waals surface area contributed by atoms with Crippen molar-refractivity contribution in [3.63, 3.8) is 0 Å². The second kappa shape index (κ2) is 6.01. The standard InChI is InChI=1S/C14H14N2O4/c1-9-8-12(16-20-9)15-13(17)10(2)19-14(18)11-6-4-3-5-7-11/h3-8,10H,1-2H3,(H,15,16,17). The fraction of sp³-hybridized carbons (Fsp3) is 0.214. The summed E-state index contributed by atoms with van der Waals surface area (Å²) < 4.78 is 9.89. The molecule has 104 valence electrons. The van der Waals surface area contributed by atoms with Crippen molar-refractivity contribution in [3.8, 4) is 0 Å². The van der Waals surface area contributed by atoms with E-state index in [0.29, 0.717) is 11.3 Å². The van der Waals surface area contributed by atoms with Gasteiger partial charge in [-0.2, -0.15) is 0 Å². The summed E-state index contributed by atoms with van der Waals surface area (Å²) in [6.45, 7) is 3.20. The molecule has 1 atom stereocenters. The summed E-state index contributed by atoms with van der Waals surface area (Å²) in [5.74, 6) is -0.156. The number of nitrogens with zero attached hydrogens (tertiary/aromatic N) is 1. The Morgan fingerprint density at radius 2 is 2.00 bits per heavy atom. The molecule has 0 spiro atoms. The van der Waals surface area contributed by atoms with Crippen LogP contribution in [0.3, 0.4) is 0 Å². The zero-order valence-corrected chi connectivity index (χ0v) is 11.1. The molecule has 0 saturated heterocycles. The number of rotatable bonds is 4. The number of carbonyl (C=O) groups is 2. The molecule has 1 N–H and O–H groups in total. The molecule has 1 aromatic carbocycles. The lowest BCUT2D eigenvalue weighted by atomic mass is 10.2.